The van der Waals surface area contributed by atoms with Gasteiger partial charge in [0, 0.05) is 13.1 Å². The van der Waals surface area contributed by atoms with E-state index >= 15 is 0 Å². The second kappa shape index (κ2) is 12.5. The van der Waals surface area contributed by atoms with Crippen molar-refractivity contribution < 1.29 is 0 Å². The predicted octanol–water partition coefficient (Wildman–Crippen LogP) is 3.54. The number of rotatable bonds is 8. The van der Waals surface area contributed by atoms with Gasteiger partial charge in [-0.15, -0.1) is 24.0 Å². The molecule has 0 bridgehead atoms. The lowest BCUT2D eigenvalue weighted by molar-refractivity contribution is 0.330. The molecule has 0 aromatic heterocycles. The van der Waals surface area contributed by atoms with Crippen LogP contribution in [0.15, 0.2) is 29.3 Å². The molecule has 5 heteroatoms. The van der Waals surface area contributed by atoms with Crippen LogP contribution < -0.4 is 10.6 Å². The maximum absolute atomic E-state index is 4.68. The molecule has 1 aromatic rings. The molecule has 0 saturated carbocycles. The molecular formula is C19H33IN4. The second-order valence-electron chi connectivity index (χ2n) is 6.37. The lowest BCUT2D eigenvalue weighted by atomic mass is 10.1. The first kappa shape index (κ1) is 21.2. The third kappa shape index (κ3) is 8.33. The molecule has 1 heterocycles. The van der Waals surface area contributed by atoms with Gasteiger partial charge >= 0.3 is 0 Å². The van der Waals surface area contributed by atoms with E-state index in [2.05, 4.69) is 58.6 Å². The first-order valence-electron chi connectivity index (χ1n) is 9.08. The minimum absolute atomic E-state index is 0. The first-order valence-corrected chi connectivity index (χ1v) is 9.08. The molecule has 0 atom stereocenters. The van der Waals surface area contributed by atoms with Crippen LogP contribution in [0.1, 0.15) is 43.7 Å². The molecule has 0 unspecified atom stereocenters. The molecule has 0 amide bonds. The topological polar surface area (TPSA) is 39.7 Å². The molecule has 1 aromatic carbocycles. The van der Waals surface area contributed by atoms with Gasteiger partial charge in [0.05, 0.1) is 6.54 Å². The number of halogens is 1. The van der Waals surface area contributed by atoms with E-state index in [-0.39, 0.29) is 24.0 Å². The molecule has 1 aliphatic heterocycles. The summed E-state index contributed by atoms with van der Waals surface area (Å²) in [4.78, 5) is 7.26. The zero-order valence-corrected chi connectivity index (χ0v) is 17.5. The minimum Gasteiger partial charge on any atom is -0.357 e. The van der Waals surface area contributed by atoms with Crippen LogP contribution in [0.3, 0.4) is 0 Å². The fraction of sp³-hybridized carbons (Fsp3) is 0.632. The Balaban J connectivity index is 0.00000288. The van der Waals surface area contributed by atoms with Gasteiger partial charge in [0.15, 0.2) is 5.96 Å². The largest absolute Gasteiger partial charge is 0.357 e. The van der Waals surface area contributed by atoms with Crippen molar-refractivity contribution in [2.24, 2.45) is 4.99 Å². The molecule has 4 nitrogen and oxygen atoms in total. The van der Waals surface area contributed by atoms with Crippen LogP contribution in [-0.2, 0) is 6.54 Å². The standard InChI is InChI=1S/C19H32N4.HI/c1-3-20-19(22-16-18-10-8-9-17(2)15-18)21-11-4-5-12-23-13-6-7-14-23;/h8-10,15H,3-7,11-14,16H2,1-2H3,(H2,20,21,22);1H. The van der Waals surface area contributed by atoms with Crippen molar-refractivity contribution in [1.29, 1.82) is 0 Å². The highest BCUT2D eigenvalue weighted by Crippen LogP contribution is 2.08. The fourth-order valence-corrected chi connectivity index (χ4v) is 3.00. The zero-order chi connectivity index (χ0) is 16.3. The average molecular weight is 444 g/mol. The van der Waals surface area contributed by atoms with E-state index in [0.717, 1.165) is 25.6 Å². The van der Waals surface area contributed by atoms with E-state index in [4.69, 9.17) is 0 Å². The highest BCUT2D eigenvalue weighted by atomic mass is 127. The Morgan fingerprint density at radius 3 is 2.67 bits per heavy atom. The Labute approximate surface area is 164 Å². The highest BCUT2D eigenvalue weighted by Gasteiger charge is 2.09. The van der Waals surface area contributed by atoms with Crippen molar-refractivity contribution in [3.63, 3.8) is 0 Å². The number of hydrogen-bond donors (Lipinski definition) is 2. The lowest BCUT2D eigenvalue weighted by Crippen LogP contribution is -2.38. The smallest absolute Gasteiger partial charge is 0.191 e. The number of guanidine groups is 1. The average Bonchev–Trinajstić information content (AvgIpc) is 3.05. The summed E-state index contributed by atoms with van der Waals surface area (Å²) < 4.78 is 0. The maximum atomic E-state index is 4.68. The van der Waals surface area contributed by atoms with Gasteiger partial charge in [-0.05, 0) is 64.7 Å². The Morgan fingerprint density at radius 2 is 1.96 bits per heavy atom. The van der Waals surface area contributed by atoms with Crippen LogP contribution in [0.25, 0.3) is 0 Å². The molecular weight excluding hydrogens is 411 g/mol. The van der Waals surface area contributed by atoms with Crippen molar-refractivity contribution in [2.75, 3.05) is 32.7 Å². The van der Waals surface area contributed by atoms with Gasteiger partial charge in [0.2, 0.25) is 0 Å². The molecule has 0 radical (unpaired) electrons. The maximum Gasteiger partial charge on any atom is 0.191 e. The van der Waals surface area contributed by atoms with Gasteiger partial charge in [-0.25, -0.2) is 4.99 Å². The van der Waals surface area contributed by atoms with Crippen LogP contribution in [0.5, 0.6) is 0 Å². The molecule has 2 N–H and O–H groups in total. The number of benzene rings is 1. The third-order valence-corrected chi connectivity index (χ3v) is 4.24. The summed E-state index contributed by atoms with van der Waals surface area (Å²) in [6, 6.07) is 8.55. The summed E-state index contributed by atoms with van der Waals surface area (Å²) in [7, 11) is 0. The Hall–Kier alpha value is -0.820. The van der Waals surface area contributed by atoms with Gasteiger partial charge < -0.3 is 15.5 Å². The van der Waals surface area contributed by atoms with Gasteiger partial charge in [0.25, 0.3) is 0 Å². The van der Waals surface area contributed by atoms with Crippen LogP contribution >= 0.6 is 24.0 Å². The number of hydrogen-bond acceptors (Lipinski definition) is 2. The number of nitrogens with zero attached hydrogens (tertiary/aromatic N) is 2. The van der Waals surface area contributed by atoms with E-state index in [9.17, 15) is 0 Å². The van der Waals surface area contributed by atoms with Gasteiger partial charge in [-0.2, -0.15) is 0 Å². The summed E-state index contributed by atoms with van der Waals surface area (Å²) in [5, 5.41) is 6.78. The molecule has 1 aliphatic rings. The zero-order valence-electron chi connectivity index (χ0n) is 15.2. The first-order chi connectivity index (χ1) is 11.3. The van der Waals surface area contributed by atoms with E-state index in [1.165, 1.54) is 56.4 Å². The quantitative estimate of drug-likeness (QED) is 0.279. The van der Waals surface area contributed by atoms with E-state index in [0.29, 0.717) is 0 Å². The third-order valence-electron chi connectivity index (χ3n) is 4.24. The SMILES string of the molecule is CCNC(=NCc1cccc(C)c1)NCCCCN1CCCC1.I. The normalized spacial score (nSPS) is 15.2. The summed E-state index contributed by atoms with van der Waals surface area (Å²) in [6.45, 7) is 10.7. The Bertz CT molecular complexity index is 484. The lowest BCUT2D eigenvalue weighted by Gasteiger charge is -2.15. The minimum atomic E-state index is 0. The van der Waals surface area contributed by atoms with E-state index in [1.807, 2.05) is 0 Å². The fourth-order valence-electron chi connectivity index (χ4n) is 3.00. The van der Waals surface area contributed by atoms with Crippen LogP contribution in [0.4, 0.5) is 0 Å². The van der Waals surface area contributed by atoms with Crippen LogP contribution in [-0.4, -0.2) is 43.6 Å². The molecule has 0 aliphatic carbocycles. The van der Waals surface area contributed by atoms with Crippen molar-refractivity contribution in [1.82, 2.24) is 15.5 Å². The predicted molar refractivity (Wildman–Crippen MR) is 114 cm³/mol. The molecule has 1 fully saturated rings. The molecule has 136 valence electrons. The summed E-state index contributed by atoms with van der Waals surface area (Å²) in [6.07, 6.45) is 5.23. The molecule has 0 spiro atoms. The molecule has 1 saturated heterocycles. The van der Waals surface area contributed by atoms with E-state index in [1.54, 1.807) is 0 Å². The number of aryl methyl sites for hydroxylation is 1. The van der Waals surface area contributed by atoms with E-state index < -0.39 is 0 Å². The Morgan fingerprint density at radius 1 is 1.17 bits per heavy atom. The monoisotopic (exact) mass is 444 g/mol. The van der Waals surface area contributed by atoms with Crippen molar-refractivity contribution >= 4 is 29.9 Å². The van der Waals surface area contributed by atoms with Crippen molar-refractivity contribution in [2.45, 2.75) is 46.1 Å². The number of likely N-dealkylation sites (tertiary alicyclic amines) is 1. The second-order valence-corrected chi connectivity index (χ2v) is 6.37. The van der Waals surface area contributed by atoms with Gasteiger partial charge in [0.1, 0.15) is 0 Å². The van der Waals surface area contributed by atoms with Gasteiger partial charge in [-0.3, -0.25) is 0 Å². The van der Waals surface area contributed by atoms with Crippen molar-refractivity contribution in [3.05, 3.63) is 35.4 Å². The Kier molecular flexibility index (Phi) is 11.1. The summed E-state index contributed by atoms with van der Waals surface area (Å²) >= 11 is 0. The summed E-state index contributed by atoms with van der Waals surface area (Å²) in [5.74, 6) is 0.926. The number of aliphatic imine (C=N–C) groups is 1. The summed E-state index contributed by atoms with van der Waals surface area (Å²) in [5.41, 5.74) is 2.55. The van der Waals surface area contributed by atoms with Crippen LogP contribution in [0, 0.1) is 6.92 Å². The van der Waals surface area contributed by atoms with Crippen molar-refractivity contribution in [3.8, 4) is 0 Å². The number of nitrogens with one attached hydrogen (secondary N) is 2. The van der Waals surface area contributed by atoms with Gasteiger partial charge in [-0.1, -0.05) is 29.8 Å². The molecule has 2 rings (SSSR count). The van der Waals surface area contributed by atoms with Crippen LogP contribution in [0.2, 0.25) is 0 Å². The number of unbranched alkanes of at least 4 members (excludes halogenated alkanes) is 1. The molecule has 24 heavy (non-hydrogen) atoms. The highest BCUT2D eigenvalue weighted by molar-refractivity contribution is 14.0.